The number of benzene rings is 4. The van der Waals surface area contributed by atoms with Crippen molar-refractivity contribution in [3.05, 3.63) is 118 Å². The molecule has 0 aliphatic carbocycles. The lowest BCUT2D eigenvalue weighted by atomic mass is 9.92. The molecule has 0 bridgehead atoms. The van der Waals surface area contributed by atoms with Crippen LogP contribution in [0.25, 0.3) is 21.8 Å². The van der Waals surface area contributed by atoms with Crippen molar-refractivity contribution in [3.8, 4) is 23.0 Å². The predicted octanol–water partition coefficient (Wildman–Crippen LogP) is 9.36. The van der Waals surface area contributed by atoms with E-state index in [4.69, 9.17) is 5.11 Å². The van der Waals surface area contributed by atoms with Gasteiger partial charge < -0.3 is 29.9 Å². The van der Waals surface area contributed by atoms with E-state index in [0.29, 0.717) is 6.42 Å². The molecule has 4 N–H and O–H groups in total. The zero-order valence-corrected chi connectivity index (χ0v) is 31.8. The molecule has 20 heteroatoms. The lowest BCUT2D eigenvalue weighted by Crippen LogP contribution is -2.18. The van der Waals surface area contributed by atoms with Crippen LogP contribution in [0.4, 0.5) is 35.1 Å². The van der Waals surface area contributed by atoms with Crippen molar-refractivity contribution in [2.45, 2.75) is 58.7 Å². The van der Waals surface area contributed by atoms with Crippen molar-refractivity contribution in [1.29, 1.82) is 0 Å². The van der Waals surface area contributed by atoms with E-state index >= 15 is 0 Å². The van der Waals surface area contributed by atoms with E-state index in [2.05, 4.69) is 9.47 Å². The number of aliphatic carboxylic acids is 2. The van der Waals surface area contributed by atoms with Gasteiger partial charge in [0.05, 0.1) is 23.4 Å². The first kappa shape index (κ1) is 45.0. The second-order valence-electron chi connectivity index (χ2n) is 13.4. The van der Waals surface area contributed by atoms with E-state index < -0.39 is 83.4 Å². The molecule has 1 unspecified atom stereocenters. The van der Waals surface area contributed by atoms with Crippen molar-refractivity contribution >= 4 is 45.6 Å². The molecular formula is C41H32F8N2O10. The Morgan fingerprint density at radius 2 is 1.07 bits per heavy atom. The highest BCUT2D eigenvalue weighted by molar-refractivity contribution is 6.06. The molecular weight excluding hydrogens is 832 g/mol. The Labute approximate surface area is 338 Å². The maximum absolute atomic E-state index is 14.1. The molecule has 12 nitrogen and oxygen atoms in total. The number of halogens is 8. The van der Waals surface area contributed by atoms with Crippen LogP contribution in [0.3, 0.4) is 0 Å². The molecule has 0 aliphatic heterocycles. The highest BCUT2D eigenvalue weighted by Crippen LogP contribution is 2.38. The first-order valence-corrected chi connectivity index (χ1v) is 17.7. The second kappa shape index (κ2) is 17.2. The maximum Gasteiger partial charge on any atom is 0.573 e. The average molecular weight is 865 g/mol. The third kappa shape index (κ3) is 9.85. The van der Waals surface area contributed by atoms with Crippen molar-refractivity contribution in [3.63, 3.8) is 0 Å². The number of fused-ring (bicyclic) bond motifs is 2. The summed E-state index contributed by atoms with van der Waals surface area (Å²) in [5, 5.41) is 38.7. The molecule has 6 aromatic rings. The van der Waals surface area contributed by atoms with Gasteiger partial charge in [-0.1, -0.05) is 13.3 Å². The summed E-state index contributed by atoms with van der Waals surface area (Å²) in [5.41, 5.74) is 0.893. The Bertz CT molecular complexity index is 2670. The number of carbonyl (C=O) groups excluding carboxylic acids is 2. The van der Waals surface area contributed by atoms with Crippen LogP contribution in [0.1, 0.15) is 68.9 Å². The molecule has 0 amide bonds. The first-order chi connectivity index (χ1) is 28.4. The van der Waals surface area contributed by atoms with Crippen molar-refractivity contribution in [1.82, 2.24) is 9.13 Å². The number of hydrogen-bond donors (Lipinski definition) is 4. The van der Waals surface area contributed by atoms with Crippen LogP contribution in [-0.4, -0.2) is 66.0 Å². The Balaban J connectivity index is 0.000000232. The molecule has 0 saturated carbocycles. The Hall–Kier alpha value is -7.12. The summed E-state index contributed by atoms with van der Waals surface area (Å²) in [7, 11) is 0. The van der Waals surface area contributed by atoms with E-state index in [1.54, 1.807) is 6.92 Å². The van der Waals surface area contributed by atoms with Gasteiger partial charge in [-0.05, 0) is 92.1 Å². The topological polar surface area (TPSA) is 178 Å². The smallest absolute Gasteiger partial charge is 0.505 e. The van der Waals surface area contributed by atoms with Crippen LogP contribution in [-0.2, 0) is 16.0 Å². The van der Waals surface area contributed by atoms with E-state index in [-0.39, 0.29) is 61.9 Å². The van der Waals surface area contributed by atoms with Crippen LogP contribution in [0.2, 0.25) is 0 Å². The normalized spacial score (nSPS) is 12.2. The van der Waals surface area contributed by atoms with E-state index in [0.717, 1.165) is 81.9 Å². The van der Waals surface area contributed by atoms with Gasteiger partial charge in [0.1, 0.15) is 11.5 Å². The zero-order valence-electron chi connectivity index (χ0n) is 31.8. The average Bonchev–Trinajstić information content (AvgIpc) is 3.57. The van der Waals surface area contributed by atoms with E-state index in [9.17, 15) is 69.6 Å². The Kier molecular flexibility index (Phi) is 12.7. The van der Waals surface area contributed by atoms with Gasteiger partial charge in [-0.25, -0.2) is 8.78 Å². The number of aromatic nitrogens is 2. The summed E-state index contributed by atoms with van der Waals surface area (Å²) in [5.74, 6) is -9.23. The number of ether oxygens (including phenoxy) is 2. The minimum Gasteiger partial charge on any atom is -0.505 e. The molecule has 0 aliphatic rings. The number of rotatable bonds is 10. The SMILES string of the molecule is CCCC(C(=O)O)c1c(C)n(C(=O)c2ccc(OC(F)(F)F)cc2)c2cc(F)c(O)cc12.Cc1c(CC(=O)O)c2cc(O)c(F)cc2n1C(=O)c1ccc(OC(F)(F)F)cc1. The summed E-state index contributed by atoms with van der Waals surface area (Å²) in [6.45, 7) is 4.73. The Morgan fingerprint density at radius 3 is 1.46 bits per heavy atom. The number of hydrogen-bond acceptors (Lipinski definition) is 8. The number of aromatic hydroxyl groups is 2. The molecule has 6 rings (SSSR count). The van der Waals surface area contributed by atoms with Gasteiger partial charge in [0.25, 0.3) is 11.8 Å². The lowest BCUT2D eigenvalue weighted by Gasteiger charge is -2.13. The molecule has 4 aromatic carbocycles. The van der Waals surface area contributed by atoms with E-state index in [1.807, 2.05) is 0 Å². The number of phenolic OH excluding ortho intramolecular Hbond substituents is 2. The number of carboxylic acids is 2. The second-order valence-corrected chi connectivity index (χ2v) is 13.4. The molecule has 0 fully saturated rings. The van der Waals surface area contributed by atoms with Crippen LogP contribution < -0.4 is 9.47 Å². The van der Waals surface area contributed by atoms with Gasteiger partial charge in [-0.15, -0.1) is 26.3 Å². The van der Waals surface area contributed by atoms with Crippen LogP contribution in [0, 0.1) is 25.5 Å². The van der Waals surface area contributed by atoms with Gasteiger partial charge in [0, 0.05) is 45.4 Å². The summed E-state index contributed by atoms with van der Waals surface area (Å²) in [6.07, 6.45) is -9.50. The van der Waals surface area contributed by atoms with Crippen molar-refractivity contribution < 1.29 is 84.2 Å². The van der Waals surface area contributed by atoms with Crippen LogP contribution in [0.5, 0.6) is 23.0 Å². The monoisotopic (exact) mass is 864 g/mol. The third-order valence-corrected chi connectivity index (χ3v) is 9.35. The fourth-order valence-corrected chi connectivity index (χ4v) is 6.81. The summed E-state index contributed by atoms with van der Waals surface area (Å²) in [4.78, 5) is 49.2. The number of carbonyl (C=O) groups is 4. The largest absolute Gasteiger partial charge is 0.573 e. The summed E-state index contributed by atoms with van der Waals surface area (Å²) < 4.78 is 112. The fourth-order valence-electron chi connectivity index (χ4n) is 6.81. The zero-order chi connectivity index (χ0) is 45.3. The van der Waals surface area contributed by atoms with Gasteiger partial charge in [0.2, 0.25) is 0 Å². The number of phenols is 2. The lowest BCUT2D eigenvalue weighted by molar-refractivity contribution is -0.275. The molecule has 2 heterocycles. The Morgan fingerprint density at radius 1 is 0.656 bits per heavy atom. The number of carboxylic acid groups (broad SMARTS) is 2. The highest BCUT2D eigenvalue weighted by atomic mass is 19.4. The van der Waals surface area contributed by atoms with E-state index in [1.165, 1.54) is 13.8 Å². The minimum absolute atomic E-state index is 0.0228. The third-order valence-electron chi connectivity index (χ3n) is 9.35. The van der Waals surface area contributed by atoms with Gasteiger partial charge in [0.15, 0.2) is 23.1 Å². The fraction of sp³-hybridized carbons (Fsp3) is 0.220. The number of alkyl halides is 6. The summed E-state index contributed by atoms with van der Waals surface area (Å²) in [6, 6.07) is 12.2. The first-order valence-electron chi connectivity index (χ1n) is 17.7. The minimum atomic E-state index is -4.89. The van der Waals surface area contributed by atoms with Crippen LogP contribution >= 0.6 is 0 Å². The van der Waals surface area contributed by atoms with Gasteiger partial charge in [-0.2, -0.15) is 0 Å². The van der Waals surface area contributed by atoms with Crippen LogP contribution in [0.15, 0.2) is 72.8 Å². The van der Waals surface area contributed by atoms with Gasteiger partial charge >= 0.3 is 24.7 Å². The number of nitrogens with zero attached hydrogens (tertiary/aromatic N) is 2. The molecule has 61 heavy (non-hydrogen) atoms. The molecule has 2 aromatic heterocycles. The maximum atomic E-state index is 14.1. The predicted molar refractivity (Wildman–Crippen MR) is 199 cm³/mol. The molecule has 1 atom stereocenters. The molecule has 0 saturated heterocycles. The quantitative estimate of drug-likeness (QED) is 0.0971. The van der Waals surface area contributed by atoms with Gasteiger partial charge in [-0.3, -0.25) is 28.3 Å². The highest BCUT2D eigenvalue weighted by Gasteiger charge is 2.33. The molecule has 0 spiro atoms. The summed E-state index contributed by atoms with van der Waals surface area (Å²) >= 11 is 0. The standard InChI is InChI=1S/C22H19F4NO5.C19H13F4NO5/c1-3-4-14(21(30)31)19-11(2)27(17-10-16(23)18(28)9-15(17)19)20(29)12-5-7-13(8-6-12)32-22(24,25)26;1-9-12(7-17(26)27)13-6-16(25)14(20)8-15(13)24(9)18(28)10-2-4-11(5-3-10)29-19(21,22)23/h5-10,14,28H,3-4H2,1-2H3,(H,30,31);2-6,8,25H,7H2,1H3,(H,26,27). The molecule has 322 valence electrons. The molecule has 0 radical (unpaired) electrons. The van der Waals surface area contributed by atoms with Crippen molar-refractivity contribution in [2.75, 3.05) is 0 Å². The van der Waals surface area contributed by atoms with Crippen molar-refractivity contribution in [2.24, 2.45) is 0 Å².